The summed E-state index contributed by atoms with van der Waals surface area (Å²) in [6, 6.07) is 0. The fourth-order valence-corrected chi connectivity index (χ4v) is 2.36. The molecule has 0 aliphatic carbocycles. The van der Waals surface area contributed by atoms with Gasteiger partial charge in [-0.15, -0.1) is 0 Å². The minimum absolute atomic E-state index is 0.0583. The van der Waals surface area contributed by atoms with Gasteiger partial charge in [-0.3, -0.25) is 0 Å². The molecule has 1 aliphatic rings. The lowest BCUT2D eigenvalue weighted by atomic mass is 10.0. The Balaban J connectivity index is 2.09. The fourth-order valence-electron chi connectivity index (χ4n) is 1.80. The van der Waals surface area contributed by atoms with Crippen molar-refractivity contribution in [3.63, 3.8) is 0 Å². The first-order valence-corrected chi connectivity index (χ1v) is 6.37. The Kier molecular flexibility index (Phi) is 2.83. The van der Waals surface area contributed by atoms with Gasteiger partial charge in [0.2, 0.25) is 0 Å². The molecule has 2 heterocycles. The number of nitrogens with zero attached hydrogens (tertiary/aromatic N) is 2. The summed E-state index contributed by atoms with van der Waals surface area (Å²) in [5.74, 6) is 0. The molecule has 0 spiro atoms. The molecule has 1 fully saturated rings. The Morgan fingerprint density at radius 3 is 3.07 bits per heavy atom. The molecule has 0 amide bonds. The van der Waals surface area contributed by atoms with Gasteiger partial charge >= 0.3 is 0 Å². The van der Waals surface area contributed by atoms with Crippen LogP contribution < -0.4 is 0 Å². The molecule has 2 atom stereocenters. The number of hydrogen-bond acceptors (Lipinski definition) is 2. The Morgan fingerprint density at radius 1 is 1.79 bits per heavy atom. The monoisotopic (exact) mass is 306 g/mol. The highest BCUT2D eigenvalue weighted by Gasteiger charge is 2.36. The lowest BCUT2D eigenvalue weighted by molar-refractivity contribution is -0.0126. The van der Waals surface area contributed by atoms with E-state index in [9.17, 15) is 0 Å². The third kappa shape index (κ3) is 1.95. The zero-order valence-corrected chi connectivity index (χ0v) is 10.7. The summed E-state index contributed by atoms with van der Waals surface area (Å²) < 4.78 is 9.03. The Labute approximate surface area is 98.0 Å². The first kappa shape index (κ1) is 10.4. The Bertz CT molecular complexity index is 326. The van der Waals surface area contributed by atoms with Crippen LogP contribution in [-0.4, -0.2) is 19.6 Å². The highest BCUT2D eigenvalue weighted by atomic mass is 127. The zero-order chi connectivity index (χ0) is 10.2. The van der Waals surface area contributed by atoms with Gasteiger partial charge in [-0.2, -0.15) is 0 Å². The van der Waals surface area contributed by atoms with E-state index in [4.69, 9.17) is 4.74 Å². The van der Waals surface area contributed by atoms with Crippen molar-refractivity contribution in [1.82, 2.24) is 9.55 Å². The summed E-state index contributed by atoms with van der Waals surface area (Å²) in [4.78, 5) is 4.33. The molecule has 2 unspecified atom stereocenters. The predicted octanol–water partition coefficient (Wildman–Crippen LogP) is 2.47. The van der Waals surface area contributed by atoms with E-state index >= 15 is 0 Å². The molecule has 1 aliphatic heterocycles. The maximum absolute atomic E-state index is 6.01. The standard InChI is InChI=1S/C10H15IN2O/c1-10(6-11)4-3-9(14-10)8-5-13(2)7-12-8/h5,7,9H,3-4,6H2,1-2H3. The van der Waals surface area contributed by atoms with E-state index in [-0.39, 0.29) is 11.7 Å². The number of ether oxygens (including phenoxy) is 1. The molecule has 1 aromatic heterocycles. The topological polar surface area (TPSA) is 27.1 Å². The van der Waals surface area contributed by atoms with Crippen LogP contribution in [0.3, 0.4) is 0 Å². The van der Waals surface area contributed by atoms with Crippen LogP contribution in [-0.2, 0) is 11.8 Å². The third-order valence-electron chi connectivity index (χ3n) is 2.70. The maximum atomic E-state index is 6.01. The van der Waals surface area contributed by atoms with Crippen molar-refractivity contribution in [3.05, 3.63) is 18.2 Å². The first-order chi connectivity index (χ1) is 6.63. The molecule has 0 aromatic carbocycles. The minimum atomic E-state index is 0.0583. The number of aromatic nitrogens is 2. The number of alkyl halides is 1. The summed E-state index contributed by atoms with van der Waals surface area (Å²) in [6.07, 6.45) is 6.31. The van der Waals surface area contributed by atoms with Gasteiger partial charge < -0.3 is 9.30 Å². The highest BCUT2D eigenvalue weighted by Crippen LogP contribution is 2.39. The van der Waals surface area contributed by atoms with Crippen LogP contribution in [0.25, 0.3) is 0 Å². The number of hydrogen-bond donors (Lipinski definition) is 0. The van der Waals surface area contributed by atoms with Crippen LogP contribution in [0, 0.1) is 0 Å². The van der Waals surface area contributed by atoms with Gasteiger partial charge in [-0.1, -0.05) is 22.6 Å². The molecule has 0 N–H and O–H groups in total. The molecule has 1 aromatic rings. The van der Waals surface area contributed by atoms with Crippen molar-refractivity contribution in [3.8, 4) is 0 Å². The molecular formula is C10H15IN2O. The van der Waals surface area contributed by atoms with E-state index in [1.54, 1.807) is 0 Å². The van der Waals surface area contributed by atoms with Gasteiger partial charge in [0.05, 0.1) is 17.6 Å². The largest absolute Gasteiger partial charge is 0.365 e. The van der Waals surface area contributed by atoms with Crippen molar-refractivity contribution in [2.45, 2.75) is 31.5 Å². The quantitative estimate of drug-likeness (QED) is 0.620. The predicted molar refractivity (Wildman–Crippen MR) is 63.6 cm³/mol. The molecule has 3 nitrogen and oxygen atoms in total. The van der Waals surface area contributed by atoms with E-state index in [2.05, 4.69) is 34.5 Å². The normalized spacial score (nSPS) is 32.4. The van der Waals surface area contributed by atoms with Gasteiger partial charge in [0.1, 0.15) is 6.10 Å². The lowest BCUT2D eigenvalue weighted by Gasteiger charge is -2.21. The second kappa shape index (κ2) is 3.81. The van der Waals surface area contributed by atoms with Gasteiger partial charge in [0.15, 0.2) is 0 Å². The molecule has 0 saturated carbocycles. The average Bonchev–Trinajstić information content (AvgIpc) is 2.73. The van der Waals surface area contributed by atoms with Crippen molar-refractivity contribution < 1.29 is 4.74 Å². The van der Waals surface area contributed by atoms with Crippen molar-refractivity contribution in [2.75, 3.05) is 4.43 Å². The lowest BCUT2D eigenvalue weighted by Crippen LogP contribution is -2.24. The number of rotatable bonds is 2. The van der Waals surface area contributed by atoms with Gasteiger partial charge in [-0.05, 0) is 19.8 Å². The van der Waals surface area contributed by atoms with Crippen LogP contribution in [0.15, 0.2) is 12.5 Å². The number of halogens is 1. The van der Waals surface area contributed by atoms with E-state index < -0.39 is 0 Å². The molecule has 2 rings (SSSR count). The van der Waals surface area contributed by atoms with Gasteiger partial charge in [0, 0.05) is 17.7 Å². The SMILES string of the molecule is Cn1cnc(C2CCC(C)(CI)O2)c1. The fraction of sp³-hybridized carbons (Fsp3) is 0.700. The molecule has 0 radical (unpaired) electrons. The minimum Gasteiger partial charge on any atom is -0.365 e. The van der Waals surface area contributed by atoms with E-state index in [0.29, 0.717) is 0 Å². The smallest absolute Gasteiger partial charge is 0.102 e. The molecule has 14 heavy (non-hydrogen) atoms. The van der Waals surface area contributed by atoms with Crippen molar-refractivity contribution in [1.29, 1.82) is 0 Å². The summed E-state index contributed by atoms with van der Waals surface area (Å²) in [6.45, 7) is 2.18. The Morgan fingerprint density at radius 2 is 2.57 bits per heavy atom. The van der Waals surface area contributed by atoms with Gasteiger partial charge in [0.25, 0.3) is 0 Å². The van der Waals surface area contributed by atoms with E-state index in [1.165, 1.54) is 0 Å². The van der Waals surface area contributed by atoms with Crippen molar-refractivity contribution >= 4 is 22.6 Å². The van der Waals surface area contributed by atoms with Crippen LogP contribution >= 0.6 is 22.6 Å². The first-order valence-electron chi connectivity index (χ1n) is 4.85. The Hall–Kier alpha value is -0.100. The van der Waals surface area contributed by atoms with Crippen LogP contribution in [0.5, 0.6) is 0 Å². The summed E-state index contributed by atoms with van der Waals surface area (Å²) in [5.41, 5.74) is 1.13. The zero-order valence-electron chi connectivity index (χ0n) is 8.53. The van der Waals surface area contributed by atoms with Crippen LogP contribution in [0.4, 0.5) is 0 Å². The van der Waals surface area contributed by atoms with Crippen LogP contribution in [0.2, 0.25) is 0 Å². The third-order valence-corrected chi connectivity index (χ3v) is 4.31. The number of imidazole rings is 1. The molecular weight excluding hydrogens is 291 g/mol. The second-order valence-corrected chi connectivity index (χ2v) is 4.96. The molecule has 78 valence electrons. The summed E-state index contributed by atoms with van der Waals surface area (Å²) in [7, 11) is 1.99. The maximum Gasteiger partial charge on any atom is 0.102 e. The number of aryl methyl sites for hydroxylation is 1. The second-order valence-electron chi connectivity index (χ2n) is 4.19. The van der Waals surface area contributed by atoms with Crippen LogP contribution in [0.1, 0.15) is 31.6 Å². The van der Waals surface area contributed by atoms with E-state index in [1.807, 2.05) is 24.1 Å². The average molecular weight is 306 g/mol. The van der Waals surface area contributed by atoms with Gasteiger partial charge in [-0.25, -0.2) is 4.98 Å². The molecule has 4 heteroatoms. The van der Waals surface area contributed by atoms with E-state index in [0.717, 1.165) is 23.0 Å². The van der Waals surface area contributed by atoms with Crippen molar-refractivity contribution in [2.24, 2.45) is 7.05 Å². The summed E-state index contributed by atoms with van der Waals surface area (Å²) in [5, 5.41) is 0. The summed E-state index contributed by atoms with van der Waals surface area (Å²) >= 11 is 2.39. The molecule has 0 bridgehead atoms. The molecule has 1 saturated heterocycles. The highest BCUT2D eigenvalue weighted by molar-refractivity contribution is 14.1.